The van der Waals surface area contributed by atoms with Crippen LogP contribution in [0, 0.1) is 6.92 Å². The van der Waals surface area contributed by atoms with Crippen LogP contribution in [0.25, 0.3) is 6.08 Å². The van der Waals surface area contributed by atoms with E-state index in [1.54, 1.807) is 19.1 Å². The first-order valence-corrected chi connectivity index (χ1v) is 14.8. The first kappa shape index (κ1) is 30.4. The first-order chi connectivity index (χ1) is 21.4. The van der Waals surface area contributed by atoms with Crippen LogP contribution in [-0.2, 0) is 15.2 Å². The van der Waals surface area contributed by atoms with E-state index in [2.05, 4.69) is 10.3 Å². The quantitative estimate of drug-likeness (QED) is 0.155. The standard InChI is InChI=1S/C36H36N4O4/c1-4-21-40(44-5-2)34(41)26-22-31-32(24-30(35(42)43)25(3)37-31)38-33(23-26)39-36(27-15-9-6-10-16-27,28-17-11-7-12-18-28)29-19-13-8-14-20-29/h6-20,22,24H,4-5,21,23H2,1-3H3,(H,38,39)(H,42,43). The van der Waals surface area contributed by atoms with Gasteiger partial charge in [0.15, 0.2) is 0 Å². The van der Waals surface area contributed by atoms with Crippen LogP contribution in [0.1, 0.15) is 65.1 Å². The summed E-state index contributed by atoms with van der Waals surface area (Å²) >= 11 is 0. The maximum absolute atomic E-state index is 13.9. The first-order valence-electron chi connectivity index (χ1n) is 14.8. The molecule has 44 heavy (non-hydrogen) atoms. The molecule has 0 aliphatic carbocycles. The number of aromatic carboxylic acids is 1. The van der Waals surface area contributed by atoms with E-state index >= 15 is 0 Å². The molecule has 1 aliphatic rings. The third kappa shape index (κ3) is 6.16. The van der Waals surface area contributed by atoms with Gasteiger partial charge in [-0.05, 0) is 49.1 Å². The lowest BCUT2D eigenvalue weighted by atomic mass is 9.77. The van der Waals surface area contributed by atoms with E-state index in [4.69, 9.17) is 9.83 Å². The minimum atomic E-state index is -1.08. The highest BCUT2D eigenvalue weighted by molar-refractivity contribution is 6.10. The number of hydroxylamine groups is 2. The van der Waals surface area contributed by atoms with Crippen LogP contribution < -0.4 is 5.32 Å². The van der Waals surface area contributed by atoms with Gasteiger partial charge < -0.3 is 10.4 Å². The minimum Gasteiger partial charge on any atom is -0.478 e. The van der Waals surface area contributed by atoms with E-state index in [-0.39, 0.29) is 17.9 Å². The molecule has 2 heterocycles. The Labute approximate surface area is 257 Å². The van der Waals surface area contributed by atoms with Gasteiger partial charge in [0, 0.05) is 18.5 Å². The van der Waals surface area contributed by atoms with Gasteiger partial charge in [-0.2, -0.15) is 0 Å². The van der Waals surface area contributed by atoms with Crippen molar-refractivity contribution in [3.63, 3.8) is 0 Å². The van der Waals surface area contributed by atoms with E-state index < -0.39 is 11.5 Å². The van der Waals surface area contributed by atoms with Crippen LogP contribution in [-0.4, -0.2) is 46.0 Å². The van der Waals surface area contributed by atoms with E-state index in [1.807, 2.05) is 105 Å². The SMILES string of the molecule is CCCN(OCC)C(=O)C1=Cc2nc(C)c(C(=O)O)cc2NC(=NC(c2ccccc2)(c2ccccc2)c2ccccc2)C1. The maximum Gasteiger partial charge on any atom is 0.337 e. The number of aryl methyl sites for hydroxylation is 1. The largest absolute Gasteiger partial charge is 0.478 e. The van der Waals surface area contributed by atoms with Crippen molar-refractivity contribution in [3.05, 3.63) is 136 Å². The number of carbonyl (C=O) groups excluding carboxylic acids is 1. The average molecular weight is 589 g/mol. The Hall–Kier alpha value is -5.08. The number of nitrogens with zero attached hydrogens (tertiary/aromatic N) is 3. The highest BCUT2D eigenvalue weighted by Gasteiger charge is 2.37. The molecule has 0 unspecified atom stereocenters. The van der Waals surface area contributed by atoms with E-state index in [0.717, 1.165) is 16.7 Å². The Bertz CT molecular complexity index is 1580. The van der Waals surface area contributed by atoms with Gasteiger partial charge in [0.1, 0.15) is 11.4 Å². The zero-order chi connectivity index (χ0) is 31.1. The van der Waals surface area contributed by atoms with E-state index in [9.17, 15) is 14.7 Å². The third-order valence-electron chi connectivity index (χ3n) is 7.51. The number of carbonyl (C=O) groups is 2. The number of anilines is 1. The normalized spacial score (nSPS) is 13.8. The number of benzene rings is 3. The molecule has 8 heteroatoms. The summed E-state index contributed by atoms with van der Waals surface area (Å²) in [6.45, 7) is 6.23. The number of pyridine rings is 1. The highest BCUT2D eigenvalue weighted by Crippen LogP contribution is 2.41. The van der Waals surface area contributed by atoms with Crippen molar-refractivity contribution >= 4 is 29.5 Å². The minimum absolute atomic E-state index is 0.0705. The number of nitrogens with one attached hydrogen (secondary N) is 1. The molecule has 0 bridgehead atoms. The van der Waals surface area contributed by atoms with Crippen LogP contribution in [0.5, 0.6) is 0 Å². The van der Waals surface area contributed by atoms with Crippen molar-refractivity contribution in [1.82, 2.24) is 10.0 Å². The number of aliphatic imine (C=N–C) groups is 1. The zero-order valence-corrected chi connectivity index (χ0v) is 25.2. The predicted octanol–water partition coefficient (Wildman–Crippen LogP) is 6.87. The number of amides is 1. The smallest absolute Gasteiger partial charge is 0.337 e. The van der Waals surface area contributed by atoms with Gasteiger partial charge in [-0.25, -0.2) is 9.86 Å². The van der Waals surface area contributed by atoms with Gasteiger partial charge in [0.05, 0.1) is 29.2 Å². The molecule has 0 atom stereocenters. The molecule has 0 fully saturated rings. The number of carboxylic acids is 1. The van der Waals surface area contributed by atoms with Crippen molar-refractivity contribution in [2.75, 3.05) is 18.5 Å². The van der Waals surface area contributed by atoms with Crippen molar-refractivity contribution in [1.29, 1.82) is 0 Å². The molecule has 1 amide bonds. The summed E-state index contributed by atoms with van der Waals surface area (Å²) in [6, 6.07) is 31.6. The predicted molar refractivity (Wildman–Crippen MR) is 172 cm³/mol. The Morgan fingerprint density at radius 1 is 0.932 bits per heavy atom. The van der Waals surface area contributed by atoms with Crippen molar-refractivity contribution in [2.24, 2.45) is 4.99 Å². The van der Waals surface area contributed by atoms with Crippen molar-refractivity contribution in [2.45, 2.75) is 39.2 Å². The Morgan fingerprint density at radius 2 is 1.48 bits per heavy atom. The lowest BCUT2D eigenvalue weighted by molar-refractivity contribution is -0.180. The molecule has 2 N–H and O–H groups in total. The molecule has 4 aromatic rings. The highest BCUT2D eigenvalue weighted by atomic mass is 16.7. The fourth-order valence-corrected chi connectivity index (χ4v) is 5.53. The number of fused-ring (bicyclic) bond motifs is 1. The number of carboxylic acid groups (broad SMARTS) is 1. The number of hydrogen-bond donors (Lipinski definition) is 2. The number of aromatic nitrogens is 1. The van der Waals surface area contributed by atoms with Gasteiger partial charge in [0.2, 0.25) is 0 Å². The Balaban J connectivity index is 1.78. The number of hydrogen-bond acceptors (Lipinski definition) is 5. The second-order valence-electron chi connectivity index (χ2n) is 10.5. The number of amidine groups is 1. The van der Waals surface area contributed by atoms with Crippen LogP contribution in [0.15, 0.2) is 108 Å². The summed E-state index contributed by atoms with van der Waals surface area (Å²) in [6.07, 6.45) is 2.56. The Morgan fingerprint density at radius 3 is 1.95 bits per heavy atom. The fourth-order valence-electron chi connectivity index (χ4n) is 5.53. The topological polar surface area (TPSA) is 104 Å². The van der Waals surface area contributed by atoms with Gasteiger partial charge in [-0.3, -0.25) is 19.6 Å². The molecule has 3 aromatic carbocycles. The van der Waals surface area contributed by atoms with Crippen molar-refractivity contribution < 1.29 is 19.5 Å². The zero-order valence-electron chi connectivity index (χ0n) is 25.2. The van der Waals surface area contributed by atoms with Crippen LogP contribution in [0.4, 0.5) is 5.69 Å². The van der Waals surface area contributed by atoms with E-state index in [1.165, 1.54) is 5.06 Å². The second-order valence-corrected chi connectivity index (χ2v) is 10.5. The monoisotopic (exact) mass is 588 g/mol. The second kappa shape index (κ2) is 13.5. The van der Waals surface area contributed by atoms with E-state index in [0.29, 0.717) is 48.1 Å². The molecule has 8 nitrogen and oxygen atoms in total. The van der Waals surface area contributed by atoms with Gasteiger partial charge in [-0.15, -0.1) is 0 Å². The Kier molecular flexibility index (Phi) is 9.31. The summed E-state index contributed by atoms with van der Waals surface area (Å²) in [4.78, 5) is 41.8. The summed E-state index contributed by atoms with van der Waals surface area (Å²) in [5.41, 5.74) is 3.56. The fraction of sp³-hybridized carbons (Fsp3) is 0.222. The molecular weight excluding hydrogens is 552 g/mol. The van der Waals surface area contributed by atoms with Crippen LogP contribution >= 0.6 is 0 Å². The lowest BCUT2D eigenvalue weighted by Gasteiger charge is -2.33. The number of rotatable bonds is 10. The average Bonchev–Trinajstić information content (AvgIpc) is 3.22. The molecule has 0 saturated carbocycles. The molecule has 5 rings (SSSR count). The molecule has 0 spiro atoms. The molecule has 1 aromatic heterocycles. The summed E-state index contributed by atoms with van der Waals surface area (Å²) in [5, 5.41) is 14.7. The molecule has 224 valence electrons. The van der Waals surface area contributed by atoms with Crippen LogP contribution in [0.3, 0.4) is 0 Å². The van der Waals surface area contributed by atoms with Gasteiger partial charge in [0.25, 0.3) is 5.91 Å². The van der Waals surface area contributed by atoms with Crippen molar-refractivity contribution in [3.8, 4) is 0 Å². The van der Waals surface area contributed by atoms with Gasteiger partial charge >= 0.3 is 5.97 Å². The summed E-state index contributed by atoms with van der Waals surface area (Å²) < 4.78 is 0. The van der Waals surface area contributed by atoms with Crippen LogP contribution in [0.2, 0.25) is 0 Å². The molecule has 0 radical (unpaired) electrons. The third-order valence-corrected chi connectivity index (χ3v) is 7.51. The molecular formula is C36H36N4O4. The lowest BCUT2D eigenvalue weighted by Crippen LogP contribution is -2.34. The maximum atomic E-state index is 13.9. The molecule has 0 saturated heterocycles. The van der Waals surface area contributed by atoms with Gasteiger partial charge in [-0.1, -0.05) is 97.9 Å². The summed E-state index contributed by atoms with van der Waals surface area (Å²) in [7, 11) is 0. The summed E-state index contributed by atoms with van der Waals surface area (Å²) in [5.74, 6) is -0.891. The molecule has 1 aliphatic heterocycles.